The van der Waals surface area contributed by atoms with Crippen molar-refractivity contribution in [3.05, 3.63) is 45.0 Å². The number of nitrogens with zero attached hydrogens (tertiary/aromatic N) is 4. The Hall–Kier alpha value is -2.02. The number of rotatable bonds is 5. The topological polar surface area (TPSA) is 125 Å². The number of carbonyl (C=O) groups excluding carboxylic acids is 1. The van der Waals surface area contributed by atoms with Crippen LogP contribution in [0.4, 0.5) is 5.82 Å². The molecule has 0 bridgehead atoms. The van der Waals surface area contributed by atoms with E-state index in [0.717, 1.165) is 5.56 Å². The minimum absolute atomic E-state index is 0.189. The quantitative estimate of drug-likeness (QED) is 0.280. The van der Waals surface area contributed by atoms with Crippen LogP contribution in [0.1, 0.15) is 18.0 Å². The van der Waals surface area contributed by atoms with Gasteiger partial charge in [0.2, 0.25) is 5.91 Å². The molecular weight excluding hydrogens is 535 g/mol. The van der Waals surface area contributed by atoms with Gasteiger partial charge in [0.05, 0.1) is 23.9 Å². The smallest absolute Gasteiger partial charge is 0.229 e. The Morgan fingerprint density at radius 3 is 2.94 bits per heavy atom. The fraction of sp³-hybridized carbons (Fsp3) is 0.400. The predicted molar refractivity (Wildman–Crippen MR) is 122 cm³/mol. The van der Waals surface area contributed by atoms with Gasteiger partial charge >= 0.3 is 0 Å². The molecule has 2 aliphatic rings. The van der Waals surface area contributed by atoms with E-state index in [2.05, 4.69) is 25.6 Å². The Balaban J connectivity index is 1.49. The van der Waals surface area contributed by atoms with Crippen LogP contribution in [0.3, 0.4) is 0 Å². The van der Waals surface area contributed by atoms with Gasteiger partial charge in [-0.1, -0.05) is 23.7 Å². The molecule has 5 atom stereocenters. The number of aromatic nitrogens is 4. The molecule has 2 saturated carbocycles. The summed E-state index contributed by atoms with van der Waals surface area (Å²) < 4.78 is 2.28. The molecule has 5 rings (SSSR count). The fourth-order valence-corrected chi connectivity index (χ4v) is 5.53. The van der Waals surface area contributed by atoms with E-state index in [1.54, 1.807) is 17.9 Å². The molecule has 162 valence electrons. The van der Waals surface area contributed by atoms with E-state index in [0.29, 0.717) is 38.8 Å². The number of amides is 1. The van der Waals surface area contributed by atoms with Crippen LogP contribution in [0.5, 0.6) is 0 Å². The largest absolute Gasteiger partial charge is 0.389 e. The van der Waals surface area contributed by atoms with Crippen LogP contribution in [0.15, 0.2) is 30.6 Å². The number of imidazole rings is 1. The van der Waals surface area contributed by atoms with Gasteiger partial charge in [-0.15, -0.1) is 0 Å². The third-order valence-corrected chi connectivity index (χ3v) is 7.10. The van der Waals surface area contributed by atoms with E-state index in [1.165, 1.54) is 0 Å². The second-order valence-corrected chi connectivity index (χ2v) is 9.41. The van der Waals surface area contributed by atoms with E-state index in [9.17, 15) is 15.0 Å². The highest BCUT2D eigenvalue weighted by Gasteiger charge is 2.75. The highest BCUT2D eigenvalue weighted by atomic mass is 127. The second kappa shape index (κ2) is 7.54. The summed E-state index contributed by atoms with van der Waals surface area (Å²) in [6, 6.07) is 7.04. The van der Waals surface area contributed by atoms with Crippen LogP contribution in [0.2, 0.25) is 5.02 Å². The maximum Gasteiger partial charge on any atom is 0.229 e. The molecule has 0 unspecified atom stereocenters. The minimum atomic E-state index is -1.14. The first-order valence-corrected chi connectivity index (χ1v) is 11.3. The van der Waals surface area contributed by atoms with E-state index < -0.39 is 23.7 Å². The number of aliphatic hydroxyl groups is 2. The average Bonchev–Trinajstić information content (AvgIpc) is 3.29. The summed E-state index contributed by atoms with van der Waals surface area (Å²) in [7, 11) is 1.54. The molecule has 31 heavy (non-hydrogen) atoms. The van der Waals surface area contributed by atoms with Gasteiger partial charge in [-0.2, -0.15) is 0 Å². The summed E-state index contributed by atoms with van der Waals surface area (Å²) in [6.07, 6.45) is -0.124. The average molecular weight is 555 g/mol. The van der Waals surface area contributed by atoms with Crippen LogP contribution in [-0.4, -0.2) is 54.9 Å². The molecule has 9 nitrogen and oxygen atoms in total. The molecule has 2 fully saturated rings. The van der Waals surface area contributed by atoms with Gasteiger partial charge in [-0.05, 0) is 24.1 Å². The fourth-order valence-electron chi connectivity index (χ4n) is 4.85. The monoisotopic (exact) mass is 554 g/mol. The molecule has 1 aromatic carbocycles. The molecule has 0 spiro atoms. The molecule has 11 heteroatoms. The maximum absolute atomic E-state index is 12.4. The molecule has 3 aromatic rings. The van der Waals surface area contributed by atoms with Crippen LogP contribution in [-0.2, 0) is 11.3 Å². The van der Waals surface area contributed by atoms with E-state index in [1.807, 2.05) is 46.9 Å². The van der Waals surface area contributed by atoms with E-state index in [4.69, 9.17) is 11.6 Å². The van der Waals surface area contributed by atoms with E-state index >= 15 is 0 Å². The number of halogens is 2. The molecule has 0 radical (unpaired) electrons. The summed E-state index contributed by atoms with van der Waals surface area (Å²) in [4.78, 5) is 25.9. The first-order valence-electron chi connectivity index (χ1n) is 9.83. The first kappa shape index (κ1) is 20.9. The van der Waals surface area contributed by atoms with Gasteiger partial charge in [0.1, 0.15) is 6.10 Å². The molecule has 2 aliphatic carbocycles. The third kappa shape index (κ3) is 3.19. The van der Waals surface area contributed by atoms with Crippen molar-refractivity contribution in [1.82, 2.24) is 24.8 Å². The van der Waals surface area contributed by atoms with Crippen molar-refractivity contribution >= 4 is 57.1 Å². The zero-order valence-corrected chi connectivity index (χ0v) is 19.4. The zero-order valence-electron chi connectivity index (χ0n) is 16.5. The normalized spacial score (nSPS) is 29.1. The molecule has 1 amide bonds. The van der Waals surface area contributed by atoms with Crippen molar-refractivity contribution in [2.24, 2.45) is 11.3 Å². The number of anilines is 1. The number of nitrogens with one attached hydrogen (secondary N) is 2. The Bertz CT molecular complexity index is 1190. The summed E-state index contributed by atoms with van der Waals surface area (Å²) >= 11 is 8.10. The molecule has 0 aliphatic heterocycles. The Kier molecular flexibility index (Phi) is 5.07. The lowest BCUT2D eigenvalue weighted by molar-refractivity contribution is -0.132. The number of benzene rings is 1. The van der Waals surface area contributed by atoms with Crippen molar-refractivity contribution in [1.29, 1.82) is 0 Å². The minimum Gasteiger partial charge on any atom is -0.389 e. The van der Waals surface area contributed by atoms with Crippen LogP contribution in [0, 0.1) is 15.2 Å². The highest BCUT2D eigenvalue weighted by molar-refractivity contribution is 14.1. The second-order valence-electron chi connectivity index (χ2n) is 8.00. The summed E-state index contributed by atoms with van der Waals surface area (Å²) in [6.45, 7) is 0.503. The lowest BCUT2D eigenvalue weighted by atomic mass is 9.98. The number of aliphatic hydroxyl groups excluding tert-OH is 2. The van der Waals surface area contributed by atoms with Crippen molar-refractivity contribution in [2.75, 3.05) is 12.4 Å². The third-order valence-electron chi connectivity index (χ3n) is 6.39. The van der Waals surface area contributed by atoms with Gasteiger partial charge in [-0.3, -0.25) is 4.79 Å². The standard InChI is InChI=1S/C20H20ClIN6O3/c1-23-18(31)20-6-11(20)13(14(29)15(20)30)28-8-25-12-16(26-19(22)27-17(12)28)24-7-9-3-2-4-10(21)5-9/h2-5,8,11,13-15,29-30H,6-7H2,1H3,(H,23,31)(H,24,26,27)/t11-,13+,14-,15-,20+/m0/s1. The van der Waals surface area contributed by atoms with Crippen molar-refractivity contribution in [3.8, 4) is 0 Å². The van der Waals surface area contributed by atoms with Gasteiger partial charge in [-0.25, -0.2) is 15.0 Å². The molecule has 4 N–H and O–H groups in total. The lowest BCUT2D eigenvalue weighted by Gasteiger charge is -2.23. The Morgan fingerprint density at radius 2 is 2.19 bits per heavy atom. The summed E-state index contributed by atoms with van der Waals surface area (Å²) in [5.74, 6) is 0.129. The SMILES string of the molecule is CNC(=O)[C@]12C[C@H]1[C@@H](n1cnc3c(NCc4cccc(Cl)c4)nc(I)nc31)[C@H](O)[C@@H]2O. The van der Waals surface area contributed by atoms with E-state index in [-0.39, 0.29) is 11.8 Å². The number of hydrogen-bond acceptors (Lipinski definition) is 7. The first-order chi connectivity index (χ1) is 14.9. The van der Waals surface area contributed by atoms with Crippen LogP contribution in [0.25, 0.3) is 11.2 Å². The molecule has 0 saturated heterocycles. The highest BCUT2D eigenvalue weighted by Crippen LogP contribution is 2.67. The predicted octanol–water partition coefficient (Wildman–Crippen LogP) is 1.73. The molecule has 2 aromatic heterocycles. The lowest BCUT2D eigenvalue weighted by Crippen LogP contribution is -2.41. The van der Waals surface area contributed by atoms with Gasteiger partial charge < -0.3 is 25.4 Å². The van der Waals surface area contributed by atoms with Crippen molar-refractivity contribution < 1.29 is 15.0 Å². The van der Waals surface area contributed by atoms with Crippen molar-refractivity contribution in [2.45, 2.75) is 31.2 Å². The molecular formula is C20H20ClIN6O3. The zero-order chi connectivity index (χ0) is 21.9. The van der Waals surface area contributed by atoms with Gasteiger partial charge in [0, 0.05) is 47.1 Å². The number of carbonyl (C=O) groups is 1. The number of fused-ring (bicyclic) bond motifs is 2. The summed E-state index contributed by atoms with van der Waals surface area (Å²) in [5.41, 5.74) is 1.14. The van der Waals surface area contributed by atoms with Crippen LogP contribution >= 0.6 is 34.2 Å². The Morgan fingerprint density at radius 1 is 1.39 bits per heavy atom. The Labute approximate surface area is 196 Å². The maximum atomic E-state index is 12.4. The summed E-state index contributed by atoms with van der Waals surface area (Å²) in [5, 5.41) is 28.0. The number of hydrogen-bond donors (Lipinski definition) is 4. The van der Waals surface area contributed by atoms with Crippen LogP contribution < -0.4 is 10.6 Å². The van der Waals surface area contributed by atoms with Gasteiger partial charge in [0.15, 0.2) is 20.8 Å². The van der Waals surface area contributed by atoms with Gasteiger partial charge in [0.25, 0.3) is 0 Å². The van der Waals surface area contributed by atoms with Crippen molar-refractivity contribution in [3.63, 3.8) is 0 Å². The molecule has 2 heterocycles.